The maximum atomic E-state index is 13.9. The summed E-state index contributed by atoms with van der Waals surface area (Å²) in [5.41, 5.74) is 10.8. The van der Waals surface area contributed by atoms with E-state index in [0.29, 0.717) is 109 Å². The van der Waals surface area contributed by atoms with Crippen molar-refractivity contribution < 1.29 is 30.4 Å². The number of carbonyl (C=O) groups excluding carboxylic acids is 1. The van der Waals surface area contributed by atoms with Crippen LogP contribution < -0.4 is 21.7 Å². The number of carbonyl (C=O) groups is 1. The topological polar surface area (TPSA) is 293 Å². The quantitative estimate of drug-likeness (QED) is 0.0420. The first-order chi connectivity index (χ1) is 40.0. The lowest BCUT2D eigenvalue weighted by molar-refractivity contribution is -0.107. The lowest BCUT2D eigenvalue weighted by Crippen LogP contribution is -2.32. The number of hydrogen-bond acceptors (Lipinski definition) is 21. The molecule has 0 aliphatic carbocycles. The molecule has 0 saturated carbocycles. The van der Waals surface area contributed by atoms with Gasteiger partial charge in [-0.3, -0.25) is 9.97 Å². The zero-order valence-electron chi connectivity index (χ0n) is 45.7. The Morgan fingerprint density at radius 1 is 0.614 bits per heavy atom. The second-order valence-electron chi connectivity index (χ2n) is 18.5. The molecule has 29 heteroatoms. The number of pyridine rings is 2. The molecule has 8 aromatic heterocycles. The summed E-state index contributed by atoms with van der Waals surface area (Å²) in [7, 11) is -1.49. The van der Waals surface area contributed by atoms with E-state index < -0.39 is 20.4 Å². The number of benzene rings is 2. The fourth-order valence-electron chi connectivity index (χ4n) is 8.03. The van der Waals surface area contributed by atoms with Gasteiger partial charge >= 0.3 is 20.4 Å². The Balaban J connectivity index is 0.000000180. The summed E-state index contributed by atoms with van der Waals surface area (Å²) >= 11 is 2.96. The predicted molar refractivity (Wildman–Crippen MR) is 315 cm³/mol. The second kappa shape index (κ2) is 28.8. The molecule has 0 amide bonds. The molecule has 23 nitrogen and oxygen atoms in total. The van der Waals surface area contributed by atoms with Gasteiger partial charge in [0.2, 0.25) is 0 Å². The zero-order chi connectivity index (χ0) is 58.9. The van der Waals surface area contributed by atoms with Crippen LogP contribution in [-0.2, 0) is 76.8 Å². The maximum Gasteiger partial charge on any atom is 0.308 e. The van der Waals surface area contributed by atoms with Gasteiger partial charge in [0.1, 0.15) is 62.9 Å². The second-order valence-corrected chi connectivity index (χ2v) is 24.6. The van der Waals surface area contributed by atoms with Crippen molar-refractivity contribution in [2.75, 3.05) is 58.5 Å². The molecule has 434 valence electrons. The number of thiazole rings is 2. The smallest absolute Gasteiger partial charge is 0.308 e. The number of halogens is 2. The minimum Gasteiger partial charge on any atom is -0.362 e. The first-order valence-electron chi connectivity index (χ1n) is 25.8. The maximum absolute atomic E-state index is 13.9. The SMILES string of the molecule is CN(C)S(=O)(=O)n1c(Cc2ccccc2)cnc1CCNCCc1nc2c(NCc3ncccc3F)ncnc2s1.CN(C)S(=O)(=O)n1cc(Cc2ccccc2)nc1CC=O.NCCc1nc2c(NCc3ncccc3F)ncnc2s1. The number of aromatic nitrogens is 12. The average molecular weight is 1210 g/mol. The molecule has 0 atom stereocenters. The highest BCUT2D eigenvalue weighted by molar-refractivity contribution is 7.87. The molecule has 0 aliphatic rings. The van der Waals surface area contributed by atoms with Gasteiger partial charge in [-0.05, 0) is 41.9 Å². The van der Waals surface area contributed by atoms with Gasteiger partial charge in [-0.2, -0.15) is 25.4 Å². The molecule has 0 spiro atoms. The van der Waals surface area contributed by atoms with Crippen molar-refractivity contribution in [1.82, 2.24) is 71.7 Å². The fourth-order valence-corrected chi connectivity index (χ4v) is 12.0. The van der Waals surface area contributed by atoms with Crippen LogP contribution in [0.4, 0.5) is 20.4 Å². The van der Waals surface area contributed by atoms with E-state index in [1.807, 2.05) is 60.7 Å². The number of nitrogens with two attached hydrogens (primary N) is 1. The Morgan fingerprint density at radius 3 is 1.66 bits per heavy atom. The molecular weight excluding hydrogens is 1150 g/mol. The van der Waals surface area contributed by atoms with E-state index in [1.54, 1.807) is 30.7 Å². The Bertz CT molecular complexity index is 3980. The minimum atomic E-state index is -3.74. The van der Waals surface area contributed by atoms with Crippen molar-refractivity contribution >= 4 is 81.7 Å². The monoisotopic (exact) mass is 1210 g/mol. The van der Waals surface area contributed by atoms with Crippen LogP contribution >= 0.6 is 22.7 Å². The number of hydrogen-bond donors (Lipinski definition) is 4. The number of nitrogens with one attached hydrogen (secondary N) is 3. The summed E-state index contributed by atoms with van der Waals surface area (Å²) in [6, 6.07) is 25.2. The van der Waals surface area contributed by atoms with Crippen molar-refractivity contribution in [2.45, 2.75) is 51.6 Å². The van der Waals surface area contributed by atoms with E-state index in [4.69, 9.17) is 5.73 Å². The summed E-state index contributed by atoms with van der Waals surface area (Å²) in [5, 5.41) is 11.3. The molecule has 0 fully saturated rings. The van der Waals surface area contributed by atoms with E-state index in [-0.39, 0.29) is 37.0 Å². The first kappa shape index (κ1) is 61.1. The lowest BCUT2D eigenvalue weighted by atomic mass is 10.1. The highest BCUT2D eigenvalue weighted by atomic mass is 32.2. The van der Waals surface area contributed by atoms with Gasteiger partial charge in [-0.15, -0.1) is 0 Å². The molecule has 83 heavy (non-hydrogen) atoms. The fraction of sp³-hybridized carbons (Fsp3) is 0.278. The Hall–Kier alpha value is -8.03. The van der Waals surface area contributed by atoms with E-state index >= 15 is 0 Å². The summed E-state index contributed by atoms with van der Waals surface area (Å²) in [4.78, 5) is 55.1. The molecule has 0 radical (unpaired) electrons. The largest absolute Gasteiger partial charge is 0.362 e. The van der Waals surface area contributed by atoms with E-state index in [1.165, 1.54) is 90.1 Å². The number of aldehydes is 1. The van der Waals surface area contributed by atoms with E-state index in [0.717, 1.165) is 39.1 Å². The number of anilines is 2. The Labute approximate surface area is 486 Å². The van der Waals surface area contributed by atoms with Crippen LogP contribution in [0.2, 0.25) is 0 Å². The van der Waals surface area contributed by atoms with Crippen molar-refractivity contribution in [3.8, 4) is 0 Å². The summed E-state index contributed by atoms with van der Waals surface area (Å²) in [5.74, 6) is 1.07. The summed E-state index contributed by atoms with van der Waals surface area (Å²) in [6.45, 7) is 2.13. The standard InChI is InChI=1S/C27H30FN9O2S2.C14H17N3O3S.C13H13FN6S/c1-36(2)41(38,39)37-20(15-19-7-4-3-5-8-19)16-31-23(37)10-13-29-14-11-24-35-25-26(33-18-34-27(25)40-24)32-17-22-21(28)9-6-12-30-22;1-16(2)21(19,20)17-11-13(15-14(17)8-9-18)10-12-6-4-3-5-7-12;14-8-2-1-5-16-9(8)6-17-12-11-13(19-7-18-12)21-10(20-11)3-4-15/h3-9,12,16,18,29H,10-11,13-15,17H2,1-2H3,(H,32,33,34);3-7,9,11H,8,10H2,1-2H3;1-2,5,7H,3-4,6,15H2,(H,17,18,19). The number of rotatable bonds is 24. The molecule has 0 unspecified atom stereocenters. The number of nitrogens with zero attached hydrogens (tertiary/aromatic N) is 14. The molecule has 10 rings (SSSR count). The van der Waals surface area contributed by atoms with E-state index in [2.05, 4.69) is 65.8 Å². The number of imidazole rings is 2. The van der Waals surface area contributed by atoms with Gasteiger partial charge in [-0.1, -0.05) is 83.3 Å². The van der Waals surface area contributed by atoms with E-state index in [9.17, 15) is 30.4 Å². The van der Waals surface area contributed by atoms with Crippen LogP contribution in [0.1, 0.15) is 55.6 Å². The third-order valence-electron chi connectivity index (χ3n) is 12.2. The van der Waals surface area contributed by atoms with Gasteiger partial charge in [0.25, 0.3) is 0 Å². The Kier molecular flexibility index (Phi) is 21.2. The first-order valence-corrected chi connectivity index (χ1v) is 30.3. The third kappa shape index (κ3) is 16.0. The van der Waals surface area contributed by atoms with Gasteiger partial charge in [0, 0.05) is 92.0 Å². The highest BCUT2D eigenvalue weighted by Gasteiger charge is 2.25. The minimum absolute atomic E-state index is 0.0398. The number of fused-ring (bicyclic) bond motifs is 2. The van der Waals surface area contributed by atoms with Gasteiger partial charge in [-0.25, -0.2) is 56.6 Å². The van der Waals surface area contributed by atoms with Gasteiger partial charge in [0.15, 0.2) is 11.6 Å². The molecule has 5 N–H and O–H groups in total. The highest BCUT2D eigenvalue weighted by Crippen LogP contribution is 2.27. The van der Waals surface area contributed by atoms with Crippen molar-refractivity contribution in [1.29, 1.82) is 0 Å². The van der Waals surface area contributed by atoms with Gasteiger partial charge in [0.05, 0.1) is 58.5 Å². The molecule has 0 aliphatic heterocycles. The normalized spacial score (nSPS) is 11.6. The van der Waals surface area contributed by atoms with Crippen LogP contribution in [0.25, 0.3) is 20.7 Å². The molecule has 10 aromatic rings. The molecule has 0 saturated heterocycles. The van der Waals surface area contributed by atoms with Crippen LogP contribution in [0.5, 0.6) is 0 Å². The predicted octanol–water partition coefficient (Wildman–Crippen LogP) is 5.65. The van der Waals surface area contributed by atoms with Crippen molar-refractivity contribution in [2.24, 2.45) is 5.73 Å². The zero-order valence-corrected chi connectivity index (χ0v) is 48.9. The lowest BCUT2D eigenvalue weighted by Gasteiger charge is -2.17. The summed E-state index contributed by atoms with van der Waals surface area (Å²) in [6.07, 6.45) is 12.5. The van der Waals surface area contributed by atoms with Crippen molar-refractivity contribution in [3.05, 3.63) is 190 Å². The molecule has 0 bridgehead atoms. The van der Waals surface area contributed by atoms with Crippen LogP contribution in [0.3, 0.4) is 0 Å². The molecule has 2 aromatic carbocycles. The van der Waals surface area contributed by atoms with Gasteiger partial charge < -0.3 is 26.5 Å². The Morgan fingerprint density at radius 2 is 1.14 bits per heavy atom. The van der Waals surface area contributed by atoms with Crippen LogP contribution in [0, 0.1) is 11.6 Å². The average Bonchev–Trinajstić information content (AvgIpc) is 4.38. The van der Waals surface area contributed by atoms with Crippen molar-refractivity contribution in [3.63, 3.8) is 0 Å². The summed E-state index contributed by atoms with van der Waals surface area (Å²) < 4.78 is 82.9. The van der Waals surface area contributed by atoms with Crippen LogP contribution in [-0.4, -0.2) is 137 Å². The molecular formula is C54H60F2N18O5S4. The molecule has 8 heterocycles. The van der Waals surface area contributed by atoms with Crippen LogP contribution in [0.15, 0.2) is 122 Å². The third-order valence-corrected chi connectivity index (χ3v) is 17.8.